The molecule has 0 radical (unpaired) electrons. The average Bonchev–Trinajstić information content (AvgIpc) is 2.76. The predicted molar refractivity (Wildman–Crippen MR) is 70.7 cm³/mol. The fraction of sp³-hybridized carbons (Fsp3) is 0.500. The third-order valence-corrected chi connectivity index (χ3v) is 4.27. The number of hydrogen-bond donors (Lipinski definition) is 1. The zero-order chi connectivity index (χ0) is 12.8. The highest BCUT2D eigenvalue weighted by atomic mass is 35.5. The Morgan fingerprint density at radius 2 is 2.35 bits per heavy atom. The lowest BCUT2D eigenvalue weighted by Gasteiger charge is -2.06. The van der Waals surface area contributed by atoms with Crippen LogP contribution in [0, 0.1) is 10.1 Å². The molecule has 0 unspecified atom stereocenters. The molecule has 0 saturated carbocycles. The zero-order valence-electron chi connectivity index (χ0n) is 8.52. The van der Waals surface area contributed by atoms with Crippen LogP contribution in [0.1, 0.15) is 0 Å². The number of nitro groups is 1. The Hall–Kier alpha value is -0.0800. The molecule has 1 heterocycles. The van der Waals surface area contributed by atoms with E-state index in [1.807, 2.05) is 0 Å². The van der Waals surface area contributed by atoms with Gasteiger partial charge in [0.2, 0.25) is 5.09 Å². The van der Waals surface area contributed by atoms with Crippen LogP contribution >= 0.6 is 46.7 Å². The first-order valence-electron chi connectivity index (χ1n) is 4.51. The molecule has 1 rings (SSSR count). The molecule has 5 nitrogen and oxygen atoms in total. The van der Waals surface area contributed by atoms with Gasteiger partial charge in [-0.05, 0) is 0 Å². The van der Waals surface area contributed by atoms with E-state index in [0.29, 0.717) is 12.4 Å². The normalized spacial score (nSPS) is 17.6. The molecule has 17 heavy (non-hydrogen) atoms. The van der Waals surface area contributed by atoms with Gasteiger partial charge in [0, 0.05) is 11.5 Å². The predicted octanol–water partition coefficient (Wildman–Crippen LogP) is 2.57. The van der Waals surface area contributed by atoms with E-state index in [-0.39, 0.29) is 32.5 Å². The molecule has 0 spiro atoms. The molecule has 1 fully saturated rings. The lowest BCUT2D eigenvalue weighted by molar-refractivity contribution is -0.421. The second-order valence-corrected chi connectivity index (χ2v) is 5.87. The fourth-order valence-corrected chi connectivity index (χ4v) is 3.17. The number of aliphatic hydroxyl groups is 1. The summed E-state index contributed by atoms with van der Waals surface area (Å²) < 4.78 is 4.97. The first kappa shape index (κ1) is 15.0. The Kier molecular flexibility index (Phi) is 6.50. The van der Waals surface area contributed by atoms with Gasteiger partial charge < -0.3 is 9.84 Å². The van der Waals surface area contributed by atoms with Crippen LogP contribution in [0.15, 0.2) is 20.2 Å². The van der Waals surface area contributed by atoms with E-state index < -0.39 is 4.92 Å². The van der Waals surface area contributed by atoms with Crippen molar-refractivity contribution in [2.24, 2.45) is 0 Å². The van der Waals surface area contributed by atoms with Crippen molar-refractivity contribution in [3.63, 3.8) is 0 Å². The van der Waals surface area contributed by atoms with Crippen molar-refractivity contribution in [1.29, 1.82) is 0 Å². The van der Waals surface area contributed by atoms with Crippen LogP contribution in [0.5, 0.6) is 0 Å². The summed E-state index contributed by atoms with van der Waals surface area (Å²) in [6.45, 7) is 0.304. The molecular weight excluding hydrogens is 309 g/mol. The summed E-state index contributed by atoms with van der Waals surface area (Å²) >= 11 is 13.5. The van der Waals surface area contributed by atoms with Crippen LogP contribution < -0.4 is 0 Å². The van der Waals surface area contributed by atoms with Gasteiger partial charge in [0.1, 0.15) is 9.40 Å². The molecule has 0 aliphatic carbocycles. The van der Waals surface area contributed by atoms with E-state index in [2.05, 4.69) is 0 Å². The molecule has 1 aliphatic heterocycles. The van der Waals surface area contributed by atoms with E-state index >= 15 is 0 Å². The van der Waals surface area contributed by atoms with Gasteiger partial charge in [-0.25, -0.2) is 0 Å². The van der Waals surface area contributed by atoms with Gasteiger partial charge >= 0.3 is 5.70 Å². The Morgan fingerprint density at radius 3 is 2.76 bits per heavy atom. The standard InChI is InChI=1S/C8H9Cl2NO4S2/c9-7(10)6(16-3-1-12)5(11(13)14)8-15-2-4-17-8/h12H,1-4H2/b8-5-. The Morgan fingerprint density at radius 1 is 1.65 bits per heavy atom. The van der Waals surface area contributed by atoms with Crippen molar-refractivity contribution in [3.05, 3.63) is 30.3 Å². The van der Waals surface area contributed by atoms with Gasteiger partial charge in [-0.2, -0.15) is 0 Å². The molecule has 1 aliphatic rings. The summed E-state index contributed by atoms with van der Waals surface area (Å²) in [7, 11) is 0. The monoisotopic (exact) mass is 317 g/mol. The number of aliphatic hydroxyl groups excluding tert-OH is 1. The number of ether oxygens (including phenoxy) is 1. The molecule has 1 N–H and O–H groups in total. The first-order valence-corrected chi connectivity index (χ1v) is 7.24. The molecule has 96 valence electrons. The molecule has 0 aromatic carbocycles. The summed E-state index contributed by atoms with van der Waals surface area (Å²) in [6, 6.07) is 0. The minimum Gasteiger partial charge on any atom is -0.481 e. The Labute approximate surface area is 116 Å². The van der Waals surface area contributed by atoms with Crippen molar-refractivity contribution in [1.82, 2.24) is 0 Å². The van der Waals surface area contributed by atoms with Crippen molar-refractivity contribution >= 4 is 46.7 Å². The molecule has 0 atom stereocenters. The summed E-state index contributed by atoms with van der Waals surface area (Å²) in [6.07, 6.45) is 0. The second kappa shape index (κ2) is 7.38. The smallest absolute Gasteiger partial charge is 0.333 e. The molecule has 0 amide bonds. The highest BCUT2D eigenvalue weighted by molar-refractivity contribution is 8.04. The van der Waals surface area contributed by atoms with Crippen molar-refractivity contribution in [2.45, 2.75) is 0 Å². The number of nitrogens with zero attached hydrogens (tertiary/aromatic N) is 1. The van der Waals surface area contributed by atoms with E-state index in [0.717, 1.165) is 11.8 Å². The van der Waals surface area contributed by atoms with Gasteiger partial charge in [0.25, 0.3) is 0 Å². The number of rotatable bonds is 5. The van der Waals surface area contributed by atoms with Crippen LogP contribution in [0.25, 0.3) is 0 Å². The number of halogens is 2. The minimum atomic E-state index is -0.571. The summed E-state index contributed by atoms with van der Waals surface area (Å²) in [5.41, 5.74) is -0.231. The lowest BCUT2D eigenvalue weighted by Crippen LogP contribution is -2.05. The van der Waals surface area contributed by atoms with E-state index in [1.54, 1.807) is 0 Å². The highest BCUT2D eigenvalue weighted by Crippen LogP contribution is 2.38. The Bertz CT molecular complexity index is 361. The maximum Gasteiger partial charge on any atom is 0.333 e. The van der Waals surface area contributed by atoms with Crippen LogP contribution in [0.4, 0.5) is 0 Å². The molecule has 0 aromatic rings. The quantitative estimate of drug-likeness (QED) is 0.620. The summed E-state index contributed by atoms with van der Waals surface area (Å²) in [5.74, 6) is 0.929. The van der Waals surface area contributed by atoms with Gasteiger partial charge in [0.05, 0.1) is 18.1 Å². The van der Waals surface area contributed by atoms with Gasteiger partial charge in [-0.15, -0.1) is 11.8 Å². The van der Waals surface area contributed by atoms with Crippen LogP contribution in [0.3, 0.4) is 0 Å². The third kappa shape index (κ3) is 4.26. The van der Waals surface area contributed by atoms with Crippen molar-refractivity contribution in [2.75, 3.05) is 24.7 Å². The number of hydrogen-bond acceptors (Lipinski definition) is 6. The summed E-state index contributed by atoms with van der Waals surface area (Å²) in [5, 5.41) is 20.0. The first-order chi connectivity index (χ1) is 8.07. The zero-order valence-corrected chi connectivity index (χ0v) is 11.7. The van der Waals surface area contributed by atoms with Crippen molar-refractivity contribution in [3.8, 4) is 0 Å². The van der Waals surface area contributed by atoms with Crippen LogP contribution in [-0.2, 0) is 4.74 Å². The van der Waals surface area contributed by atoms with E-state index in [4.69, 9.17) is 33.0 Å². The maximum absolute atomic E-state index is 11.0. The van der Waals surface area contributed by atoms with E-state index in [1.165, 1.54) is 11.8 Å². The van der Waals surface area contributed by atoms with E-state index in [9.17, 15) is 10.1 Å². The third-order valence-electron chi connectivity index (χ3n) is 1.65. The van der Waals surface area contributed by atoms with Gasteiger partial charge in [-0.1, -0.05) is 35.0 Å². The lowest BCUT2D eigenvalue weighted by atomic mass is 10.5. The maximum atomic E-state index is 11.0. The molecule has 0 bridgehead atoms. The number of thioether (sulfide) groups is 2. The Balaban J connectivity index is 3.07. The molecule has 9 heteroatoms. The largest absolute Gasteiger partial charge is 0.481 e. The molecule has 1 saturated heterocycles. The topological polar surface area (TPSA) is 72.6 Å². The molecular formula is C8H9Cl2NO4S2. The van der Waals surface area contributed by atoms with Gasteiger partial charge in [0.15, 0.2) is 0 Å². The van der Waals surface area contributed by atoms with Gasteiger partial charge in [-0.3, -0.25) is 10.1 Å². The molecule has 0 aromatic heterocycles. The van der Waals surface area contributed by atoms with Crippen LogP contribution in [-0.4, -0.2) is 34.7 Å². The average molecular weight is 318 g/mol. The summed E-state index contributed by atoms with van der Waals surface area (Å²) in [4.78, 5) is 10.6. The minimum absolute atomic E-state index is 0.121. The van der Waals surface area contributed by atoms with Crippen molar-refractivity contribution < 1.29 is 14.8 Å². The highest BCUT2D eigenvalue weighted by Gasteiger charge is 2.30. The van der Waals surface area contributed by atoms with Crippen LogP contribution in [0.2, 0.25) is 0 Å². The SMILES string of the molecule is O=[N+]([O-])/C(C(SCCO)=C(Cl)Cl)=C1/OCCS1. The second-order valence-electron chi connectivity index (χ2n) is 2.75. The fourth-order valence-electron chi connectivity index (χ4n) is 1.06.